The highest BCUT2D eigenvalue weighted by molar-refractivity contribution is 6.04. The topological polar surface area (TPSA) is 51.1 Å². The van der Waals surface area contributed by atoms with Crippen molar-refractivity contribution in [2.24, 2.45) is 5.18 Å². The van der Waals surface area contributed by atoms with Crippen LogP contribution in [0.25, 0.3) is 0 Å². The summed E-state index contributed by atoms with van der Waals surface area (Å²) in [5.41, 5.74) is 0.00560. The van der Waals surface area contributed by atoms with Crippen molar-refractivity contribution in [1.29, 1.82) is 0 Å². The van der Waals surface area contributed by atoms with Crippen LogP contribution in [-0.2, 0) is 4.74 Å². The van der Waals surface area contributed by atoms with Crippen molar-refractivity contribution in [3.63, 3.8) is 0 Å². The van der Waals surface area contributed by atoms with Crippen LogP contribution >= 0.6 is 0 Å². The lowest BCUT2D eigenvalue weighted by Gasteiger charge is -2.17. The standard InChI is InChI=1S/C12H14BFN2O3/c1-18-7-10-5-12(6-16(10)13)19-11-3-8(14)2-9(4-11)15-17/h2-4,10,12H,5-7H2,1H3/t10-,12+/m0/s1. The Balaban J connectivity index is 2.02. The molecule has 2 radical (unpaired) electrons. The number of benzene rings is 1. The number of ether oxygens (including phenoxy) is 2. The van der Waals surface area contributed by atoms with Gasteiger partial charge in [0, 0.05) is 44.3 Å². The van der Waals surface area contributed by atoms with Crippen LogP contribution in [0.3, 0.4) is 0 Å². The van der Waals surface area contributed by atoms with Gasteiger partial charge in [-0.3, -0.25) is 0 Å². The molecule has 0 spiro atoms. The number of nitroso groups, excluding NO2 is 1. The predicted molar refractivity (Wildman–Crippen MR) is 69.0 cm³/mol. The van der Waals surface area contributed by atoms with Crippen LogP contribution in [0.4, 0.5) is 10.1 Å². The van der Waals surface area contributed by atoms with Gasteiger partial charge in [-0.1, -0.05) is 0 Å². The summed E-state index contributed by atoms with van der Waals surface area (Å²) in [5.74, 6) is -0.269. The van der Waals surface area contributed by atoms with Gasteiger partial charge in [-0.05, 0) is 5.18 Å². The molecule has 1 heterocycles. The molecular weight excluding hydrogens is 250 g/mol. The third kappa shape index (κ3) is 3.51. The Hall–Kier alpha value is -1.47. The first kappa shape index (κ1) is 14.0. The molecule has 1 aliphatic heterocycles. The van der Waals surface area contributed by atoms with Crippen molar-refractivity contribution in [1.82, 2.24) is 4.81 Å². The zero-order chi connectivity index (χ0) is 13.8. The zero-order valence-corrected chi connectivity index (χ0v) is 10.6. The van der Waals surface area contributed by atoms with Gasteiger partial charge in [0.05, 0.1) is 6.61 Å². The highest BCUT2D eigenvalue weighted by Crippen LogP contribution is 2.26. The SMILES string of the molecule is [B]N1C[C@H](Oc2cc(F)cc(N=O)c2)C[C@H]1COC. The largest absolute Gasteiger partial charge is 0.489 e. The van der Waals surface area contributed by atoms with E-state index in [1.165, 1.54) is 12.1 Å². The average molecular weight is 264 g/mol. The fourth-order valence-electron chi connectivity index (χ4n) is 2.20. The molecule has 0 unspecified atom stereocenters. The van der Waals surface area contributed by atoms with Crippen LogP contribution in [0.1, 0.15) is 6.42 Å². The number of hydrogen-bond acceptors (Lipinski definition) is 5. The quantitative estimate of drug-likeness (QED) is 0.600. The van der Waals surface area contributed by atoms with E-state index in [0.29, 0.717) is 19.6 Å². The zero-order valence-electron chi connectivity index (χ0n) is 10.6. The van der Waals surface area contributed by atoms with Crippen molar-refractivity contribution in [3.8, 4) is 5.75 Å². The number of halogens is 1. The monoisotopic (exact) mass is 264 g/mol. The van der Waals surface area contributed by atoms with Gasteiger partial charge in [0.2, 0.25) is 0 Å². The summed E-state index contributed by atoms with van der Waals surface area (Å²) in [6, 6.07) is 3.75. The van der Waals surface area contributed by atoms with Crippen LogP contribution < -0.4 is 4.74 Å². The summed E-state index contributed by atoms with van der Waals surface area (Å²) >= 11 is 0. The Morgan fingerprint density at radius 1 is 1.53 bits per heavy atom. The van der Waals surface area contributed by atoms with Crippen molar-refractivity contribution in [2.45, 2.75) is 18.6 Å². The van der Waals surface area contributed by atoms with E-state index in [1.54, 1.807) is 11.9 Å². The molecule has 7 heteroatoms. The second kappa shape index (κ2) is 6.12. The van der Waals surface area contributed by atoms with E-state index in [1.807, 2.05) is 0 Å². The highest BCUT2D eigenvalue weighted by atomic mass is 19.1. The fraction of sp³-hybridized carbons (Fsp3) is 0.500. The second-order valence-corrected chi connectivity index (χ2v) is 4.52. The van der Waals surface area contributed by atoms with Gasteiger partial charge in [-0.25, -0.2) is 4.39 Å². The first-order chi connectivity index (χ1) is 9.12. The van der Waals surface area contributed by atoms with Gasteiger partial charge >= 0.3 is 0 Å². The molecule has 1 aromatic carbocycles. The van der Waals surface area contributed by atoms with Crippen LogP contribution in [0.5, 0.6) is 5.75 Å². The molecule has 0 bridgehead atoms. The maximum absolute atomic E-state index is 13.2. The van der Waals surface area contributed by atoms with Gasteiger partial charge in [0.25, 0.3) is 0 Å². The van der Waals surface area contributed by atoms with Gasteiger partial charge in [0.1, 0.15) is 23.4 Å². The van der Waals surface area contributed by atoms with Gasteiger partial charge in [-0.15, -0.1) is 4.91 Å². The molecule has 0 saturated carbocycles. The third-order valence-corrected chi connectivity index (χ3v) is 3.04. The first-order valence-electron chi connectivity index (χ1n) is 5.93. The lowest BCUT2D eigenvalue weighted by atomic mass is 10.2. The summed E-state index contributed by atoms with van der Waals surface area (Å²) in [7, 11) is 7.43. The molecule has 0 amide bonds. The van der Waals surface area contributed by atoms with Crippen LogP contribution in [0, 0.1) is 10.7 Å². The molecule has 19 heavy (non-hydrogen) atoms. The summed E-state index contributed by atoms with van der Waals surface area (Å²) in [4.78, 5) is 12.1. The maximum Gasteiger partial charge on any atom is 0.183 e. The van der Waals surface area contributed by atoms with Crippen LogP contribution in [0.2, 0.25) is 0 Å². The third-order valence-electron chi connectivity index (χ3n) is 3.04. The van der Waals surface area contributed by atoms with E-state index in [4.69, 9.17) is 17.5 Å². The van der Waals surface area contributed by atoms with Crippen molar-refractivity contribution >= 4 is 13.7 Å². The minimum absolute atomic E-state index is 0.00560. The highest BCUT2D eigenvalue weighted by Gasteiger charge is 2.30. The van der Waals surface area contributed by atoms with Gasteiger partial charge in [-0.2, -0.15) is 0 Å². The van der Waals surface area contributed by atoms with Crippen LogP contribution in [-0.4, -0.2) is 45.2 Å². The summed E-state index contributed by atoms with van der Waals surface area (Å²) < 4.78 is 23.9. The minimum atomic E-state index is -0.553. The molecule has 0 N–H and O–H groups in total. The summed E-state index contributed by atoms with van der Waals surface area (Å²) in [6.07, 6.45) is 0.525. The molecule has 100 valence electrons. The van der Waals surface area contributed by atoms with E-state index < -0.39 is 5.82 Å². The molecule has 0 aliphatic carbocycles. The molecule has 2 atom stereocenters. The Morgan fingerprint density at radius 2 is 2.32 bits per heavy atom. The predicted octanol–water partition coefficient (Wildman–Crippen LogP) is 1.78. The van der Waals surface area contributed by atoms with Crippen LogP contribution in [0.15, 0.2) is 23.4 Å². The van der Waals surface area contributed by atoms with Gasteiger partial charge in [0.15, 0.2) is 7.98 Å². The second-order valence-electron chi connectivity index (χ2n) is 4.52. The Bertz CT molecular complexity index is 461. The molecule has 1 aliphatic rings. The Labute approximate surface area is 112 Å². The number of hydrogen-bond donors (Lipinski definition) is 0. The molecule has 5 nitrogen and oxygen atoms in total. The molecular formula is C12H14BFN2O3. The smallest absolute Gasteiger partial charge is 0.183 e. The van der Waals surface area contributed by atoms with E-state index >= 15 is 0 Å². The summed E-state index contributed by atoms with van der Waals surface area (Å²) in [6.45, 7) is 1.04. The number of rotatable bonds is 5. The molecule has 1 saturated heterocycles. The lowest BCUT2D eigenvalue weighted by Crippen LogP contribution is -2.30. The van der Waals surface area contributed by atoms with Crippen molar-refractivity contribution in [2.75, 3.05) is 20.3 Å². The van der Waals surface area contributed by atoms with E-state index in [2.05, 4.69) is 5.18 Å². The lowest BCUT2D eigenvalue weighted by molar-refractivity contribution is 0.148. The van der Waals surface area contributed by atoms with E-state index in [0.717, 1.165) is 6.07 Å². The molecule has 2 rings (SSSR count). The summed E-state index contributed by atoms with van der Waals surface area (Å²) in [5, 5.41) is 2.70. The van der Waals surface area contributed by atoms with E-state index in [9.17, 15) is 9.30 Å². The number of nitrogens with zero attached hydrogens (tertiary/aromatic N) is 2. The maximum atomic E-state index is 13.2. The van der Waals surface area contributed by atoms with Gasteiger partial charge < -0.3 is 14.3 Å². The molecule has 1 aromatic rings. The molecule has 0 aromatic heterocycles. The first-order valence-corrected chi connectivity index (χ1v) is 5.93. The Kier molecular flexibility index (Phi) is 4.49. The van der Waals surface area contributed by atoms with Crippen molar-refractivity contribution < 1.29 is 13.9 Å². The van der Waals surface area contributed by atoms with Crippen molar-refractivity contribution in [3.05, 3.63) is 28.9 Å². The van der Waals surface area contributed by atoms with E-state index in [-0.39, 0.29) is 23.6 Å². The average Bonchev–Trinajstić information content (AvgIpc) is 2.69. The normalized spacial score (nSPS) is 23.5. The number of methoxy groups -OCH3 is 1. The molecule has 1 fully saturated rings. The Morgan fingerprint density at radius 3 is 3.00 bits per heavy atom. The minimum Gasteiger partial charge on any atom is -0.489 e. The fourth-order valence-corrected chi connectivity index (χ4v) is 2.20.